The summed E-state index contributed by atoms with van der Waals surface area (Å²) in [6.07, 6.45) is 0. The van der Waals surface area contributed by atoms with Gasteiger partial charge in [0.05, 0.1) is 7.11 Å². The Morgan fingerprint density at radius 1 is 1.29 bits per heavy atom. The molecule has 0 radical (unpaired) electrons. The number of rotatable bonds is 4. The minimum atomic E-state index is -4.34. The molecule has 10 heteroatoms. The quantitative estimate of drug-likeness (QED) is 0.504. The van der Waals surface area contributed by atoms with Crippen LogP contribution in [0.1, 0.15) is 10.9 Å². The Labute approximate surface area is 177 Å². The molecule has 4 nitrogen and oxygen atoms in total. The number of nitrogens with zero attached hydrogens (tertiary/aromatic N) is 1. The van der Waals surface area contributed by atoms with Gasteiger partial charge in [-0.05, 0) is 54.2 Å². The molecule has 1 aliphatic heterocycles. The molecule has 2 aromatic rings. The fraction of sp³-hybridized carbons (Fsp3) is 0.278. The molecule has 2 aromatic carbocycles. The molecule has 1 unspecified atom stereocenters. The molecule has 0 aromatic heterocycles. The summed E-state index contributed by atoms with van der Waals surface area (Å²) in [6, 6.07) is 10.9. The standard InChI is InChI=1S/C18H16BrF3N2O2S2/c1-26-15-7-2-11(19)10-14(15)16-24(8-9-27-16)17(25)23-12-3-5-13(6-4-12)28-18(20,21)22/h2-7,10,16H,8-9H2,1H3,(H,23,25). The number of ether oxygens (including phenoxy) is 1. The van der Waals surface area contributed by atoms with Gasteiger partial charge in [0.25, 0.3) is 0 Å². The van der Waals surface area contributed by atoms with E-state index in [-0.39, 0.29) is 28.1 Å². The molecule has 3 rings (SSSR count). The first-order chi connectivity index (χ1) is 13.3. The van der Waals surface area contributed by atoms with Crippen molar-refractivity contribution >= 4 is 51.2 Å². The van der Waals surface area contributed by atoms with Crippen LogP contribution in [0.15, 0.2) is 51.8 Å². The molecule has 1 atom stereocenters. The van der Waals surface area contributed by atoms with E-state index >= 15 is 0 Å². The molecular formula is C18H16BrF3N2O2S2. The second-order valence-corrected chi connectivity index (χ2v) is 9.05. The van der Waals surface area contributed by atoms with Crippen LogP contribution in [0.4, 0.5) is 23.7 Å². The summed E-state index contributed by atoms with van der Waals surface area (Å²) in [5, 5.41) is 2.54. The second-order valence-electron chi connectivity index (χ2n) is 5.81. The lowest BCUT2D eigenvalue weighted by Gasteiger charge is -2.26. The Morgan fingerprint density at radius 3 is 2.64 bits per heavy atom. The van der Waals surface area contributed by atoms with Crippen LogP contribution in [0.25, 0.3) is 0 Å². The molecule has 0 bridgehead atoms. The van der Waals surface area contributed by atoms with Crippen LogP contribution in [0.3, 0.4) is 0 Å². The first kappa shape index (κ1) is 21.2. The Hall–Kier alpha value is -1.52. The maximum Gasteiger partial charge on any atom is 0.446 e. The number of urea groups is 1. The number of anilines is 1. The van der Waals surface area contributed by atoms with Crippen molar-refractivity contribution in [2.75, 3.05) is 24.7 Å². The Balaban J connectivity index is 1.72. The molecule has 28 heavy (non-hydrogen) atoms. The highest BCUT2D eigenvalue weighted by molar-refractivity contribution is 9.10. The van der Waals surface area contributed by atoms with Crippen LogP contribution in [-0.2, 0) is 0 Å². The van der Waals surface area contributed by atoms with Crippen molar-refractivity contribution in [3.8, 4) is 5.75 Å². The van der Waals surface area contributed by atoms with Gasteiger partial charge in [-0.3, -0.25) is 0 Å². The predicted molar refractivity (Wildman–Crippen MR) is 110 cm³/mol. The van der Waals surface area contributed by atoms with E-state index in [0.29, 0.717) is 18.0 Å². The zero-order chi connectivity index (χ0) is 20.3. The van der Waals surface area contributed by atoms with Gasteiger partial charge >= 0.3 is 11.5 Å². The largest absolute Gasteiger partial charge is 0.496 e. The number of benzene rings is 2. The molecule has 1 fully saturated rings. The van der Waals surface area contributed by atoms with Gasteiger partial charge < -0.3 is 15.0 Å². The maximum atomic E-state index is 12.8. The lowest BCUT2D eigenvalue weighted by Crippen LogP contribution is -2.34. The predicted octanol–water partition coefficient (Wildman–Crippen LogP) is 6.35. The number of amides is 2. The normalized spacial score (nSPS) is 16.9. The van der Waals surface area contributed by atoms with Crippen molar-refractivity contribution in [1.82, 2.24) is 4.90 Å². The highest BCUT2D eigenvalue weighted by Gasteiger charge is 2.33. The van der Waals surface area contributed by atoms with Gasteiger partial charge in [0.15, 0.2) is 0 Å². The number of halogens is 4. The van der Waals surface area contributed by atoms with E-state index in [9.17, 15) is 18.0 Å². The molecule has 1 saturated heterocycles. The van der Waals surface area contributed by atoms with Crippen molar-refractivity contribution in [3.05, 3.63) is 52.5 Å². The van der Waals surface area contributed by atoms with Crippen molar-refractivity contribution in [1.29, 1.82) is 0 Å². The number of carbonyl (C=O) groups is 1. The fourth-order valence-corrected chi connectivity index (χ4v) is 4.96. The number of carbonyl (C=O) groups excluding carboxylic acids is 1. The van der Waals surface area contributed by atoms with E-state index in [1.165, 1.54) is 24.3 Å². The van der Waals surface area contributed by atoms with Crippen molar-refractivity contribution in [3.63, 3.8) is 0 Å². The molecule has 2 amide bonds. The van der Waals surface area contributed by atoms with Gasteiger partial charge in [-0.2, -0.15) is 13.2 Å². The maximum absolute atomic E-state index is 12.8. The molecule has 1 N–H and O–H groups in total. The van der Waals surface area contributed by atoms with Crippen LogP contribution in [0, 0.1) is 0 Å². The number of hydrogen-bond acceptors (Lipinski definition) is 4. The summed E-state index contributed by atoms with van der Waals surface area (Å²) >= 11 is 4.88. The highest BCUT2D eigenvalue weighted by Crippen LogP contribution is 2.43. The molecule has 1 aliphatic rings. The minimum Gasteiger partial charge on any atom is -0.496 e. The van der Waals surface area contributed by atoms with Crippen LogP contribution >= 0.6 is 39.5 Å². The van der Waals surface area contributed by atoms with E-state index in [1.54, 1.807) is 23.8 Å². The van der Waals surface area contributed by atoms with Gasteiger partial charge in [-0.1, -0.05) is 15.9 Å². The zero-order valence-electron chi connectivity index (χ0n) is 14.6. The third-order valence-electron chi connectivity index (χ3n) is 3.95. The lowest BCUT2D eigenvalue weighted by molar-refractivity contribution is -0.0328. The van der Waals surface area contributed by atoms with Crippen LogP contribution in [0.5, 0.6) is 5.75 Å². The van der Waals surface area contributed by atoms with Crippen molar-refractivity contribution in [2.45, 2.75) is 15.8 Å². The first-order valence-corrected chi connectivity index (χ1v) is 10.8. The summed E-state index contributed by atoms with van der Waals surface area (Å²) in [6.45, 7) is 0.554. The topological polar surface area (TPSA) is 41.6 Å². The van der Waals surface area contributed by atoms with E-state index in [1.807, 2.05) is 18.2 Å². The number of methoxy groups -OCH3 is 1. The number of alkyl halides is 3. The SMILES string of the molecule is COc1ccc(Br)cc1C1SCCN1C(=O)Nc1ccc(SC(F)(F)F)cc1. The summed E-state index contributed by atoms with van der Waals surface area (Å²) in [7, 11) is 1.58. The third kappa shape index (κ3) is 5.30. The van der Waals surface area contributed by atoms with Crippen molar-refractivity contribution in [2.24, 2.45) is 0 Å². The highest BCUT2D eigenvalue weighted by atomic mass is 79.9. The monoisotopic (exact) mass is 492 g/mol. The van der Waals surface area contributed by atoms with Gasteiger partial charge in [0.2, 0.25) is 0 Å². The molecule has 0 aliphatic carbocycles. The average Bonchev–Trinajstić information content (AvgIpc) is 3.12. The second kappa shape index (κ2) is 8.87. The average molecular weight is 493 g/mol. The molecule has 0 spiro atoms. The van der Waals surface area contributed by atoms with Gasteiger partial charge in [-0.15, -0.1) is 11.8 Å². The van der Waals surface area contributed by atoms with E-state index < -0.39 is 5.51 Å². The minimum absolute atomic E-state index is 0.0685. The summed E-state index contributed by atoms with van der Waals surface area (Å²) < 4.78 is 43.6. The number of thioether (sulfide) groups is 2. The van der Waals surface area contributed by atoms with E-state index in [4.69, 9.17) is 4.74 Å². The van der Waals surface area contributed by atoms with Crippen LogP contribution in [-0.4, -0.2) is 35.8 Å². The Bertz CT molecular complexity index is 850. The molecular weight excluding hydrogens is 477 g/mol. The number of hydrogen-bond donors (Lipinski definition) is 1. The third-order valence-corrected chi connectivity index (χ3v) is 6.42. The zero-order valence-corrected chi connectivity index (χ0v) is 17.8. The smallest absolute Gasteiger partial charge is 0.446 e. The fourth-order valence-electron chi connectivity index (χ4n) is 2.77. The molecule has 150 valence electrons. The lowest BCUT2D eigenvalue weighted by atomic mass is 10.2. The summed E-state index contributed by atoms with van der Waals surface area (Å²) in [4.78, 5) is 14.5. The summed E-state index contributed by atoms with van der Waals surface area (Å²) in [5.41, 5.74) is -3.02. The molecule has 0 saturated carbocycles. The Morgan fingerprint density at radius 2 is 2.00 bits per heavy atom. The van der Waals surface area contributed by atoms with Crippen molar-refractivity contribution < 1.29 is 22.7 Å². The van der Waals surface area contributed by atoms with Gasteiger partial charge in [0, 0.05) is 32.9 Å². The van der Waals surface area contributed by atoms with Gasteiger partial charge in [0.1, 0.15) is 11.1 Å². The van der Waals surface area contributed by atoms with E-state index in [2.05, 4.69) is 21.2 Å². The van der Waals surface area contributed by atoms with Crippen LogP contribution in [0.2, 0.25) is 0 Å². The first-order valence-electron chi connectivity index (χ1n) is 8.15. The van der Waals surface area contributed by atoms with E-state index in [0.717, 1.165) is 15.8 Å². The molecule has 1 heterocycles. The van der Waals surface area contributed by atoms with Gasteiger partial charge in [-0.25, -0.2) is 4.79 Å². The number of nitrogens with one attached hydrogen (secondary N) is 1. The summed E-state index contributed by atoms with van der Waals surface area (Å²) in [5.74, 6) is 1.46. The van der Waals surface area contributed by atoms with Crippen LogP contribution < -0.4 is 10.1 Å². The Kier molecular flexibility index (Phi) is 6.72.